The third-order valence-electron chi connectivity index (χ3n) is 6.07. The lowest BCUT2D eigenvalue weighted by Crippen LogP contribution is -2.45. The number of amides is 1. The van der Waals surface area contributed by atoms with Crippen LogP contribution in [0.5, 0.6) is 5.75 Å². The van der Waals surface area contributed by atoms with Gasteiger partial charge in [0.15, 0.2) is 0 Å². The Morgan fingerprint density at radius 2 is 2.10 bits per heavy atom. The SMILES string of the molecule is CC(C)Oc1cc2nc(C34COC(C)(C3)C4)cn2cc1C(=O)Nc1cncn(C)c1=O. The molecule has 9 heteroatoms. The van der Waals surface area contributed by atoms with Crippen LogP contribution in [0.3, 0.4) is 0 Å². The Balaban J connectivity index is 1.53. The summed E-state index contributed by atoms with van der Waals surface area (Å²) < 4.78 is 15.0. The van der Waals surface area contributed by atoms with Crippen molar-refractivity contribution in [1.29, 1.82) is 0 Å². The summed E-state index contributed by atoms with van der Waals surface area (Å²) in [6.07, 6.45) is 8.16. The van der Waals surface area contributed by atoms with Crippen molar-refractivity contribution in [1.82, 2.24) is 18.9 Å². The molecule has 2 aliphatic heterocycles. The van der Waals surface area contributed by atoms with Crippen LogP contribution in [0.2, 0.25) is 0 Å². The number of imidazole rings is 1. The van der Waals surface area contributed by atoms with E-state index in [0.29, 0.717) is 23.6 Å². The van der Waals surface area contributed by atoms with Gasteiger partial charge in [-0.15, -0.1) is 0 Å². The van der Waals surface area contributed by atoms with E-state index in [1.807, 2.05) is 24.4 Å². The van der Waals surface area contributed by atoms with Gasteiger partial charge in [0.2, 0.25) is 0 Å². The molecular weight excluding hydrogens is 398 g/mol. The minimum Gasteiger partial charge on any atom is -0.490 e. The Morgan fingerprint density at radius 1 is 1.32 bits per heavy atom. The lowest BCUT2D eigenvalue weighted by molar-refractivity contribution is 0.0154. The topological polar surface area (TPSA) is 99.8 Å². The number of hydrogen-bond acceptors (Lipinski definition) is 6. The fourth-order valence-corrected chi connectivity index (χ4v) is 4.73. The third kappa shape index (κ3) is 3.20. The number of aromatic nitrogens is 4. The second-order valence-corrected chi connectivity index (χ2v) is 9.16. The largest absolute Gasteiger partial charge is 0.490 e. The lowest BCUT2D eigenvalue weighted by atomic mass is 9.62. The number of rotatable bonds is 5. The Kier molecular flexibility index (Phi) is 4.23. The average Bonchev–Trinajstić information content (AvgIpc) is 3.34. The summed E-state index contributed by atoms with van der Waals surface area (Å²) in [5, 5.41) is 2.66. The molecule has 31 heavy (non-hydrogen) atoms. The van der Waals surface area contributed by atoms with Crippen LogP contribution in [-0.2, 0) is 17.2 Å². The molecule has 0 spiro atoms. The molecule has 1 amide bonds. The first kappa shape index (κ1) is 19.7. The minimum absolute atomic E-state index is 0.0390. The van der Waals surface area contributed by atoms with E-state index in [9.17, 15) is 9.59 Å². The fourth-order valence-electron chi connectivity index (χ4n) is 4.73. The third-order valence-corrected chi connectivity index (χ3v) is 6.07. The molecule has 2 bridgehead atoms. The van der Waals surface area contributed by atoms with Gasteiger partial charge in [0.05, 0.1) is 42.1 Å². The number of carbonyl (C=O) groups excluding carboxylic acids is 1. The summed E-state index contributed by atoms with van der Waals surface area (Å²) in [7, 11) is 1.58. The van der Waals surface area contributed by atoms with Crippen molar-refractivity contribution in [2.24, 2.45) is 7.05 Å². The molecule has 3 aliphatic rings. The van der Waals surface area contributed by atoms with Crippen LogP contribution in [-0.4, -0.2) is 43.2 Å². The van der Waals surface area contributed by atoms with Gasteiger partial charge < -0.3 is 23.8 Å². The normalized spacial score (nSPS) is 24.4. The molecule has 0 aromatic carbocycles. The maximum absolute atomic E-state index is 13.1. The Bertz CT molecular complexity index is 1250. The van der Waals surface area contributed by atoms with Gasteiger partial charge in [-0.3, -0.25) is 9.59 Å². The van der Waals surface area contributed by atoms with Crippen LogP contribution in [0, 0.1) is 0 Å². The van der Waals surface area contributed by atoms with Gasteiger partial charge in [0.25, 0.3) is 11.5 Å². The smallest absolute Gasteiger partial charge is 0.276 e. The number of nitrogens with one attached hydrogen (secondary N) is 1. The molecule has 1 saturated carbocycles. The molecule has 9 nitrogen and oxygen atoms in total. The summed E-state index contributed by atoms with van der Waals surface area (Å²) in [5.41, 5.74) is 1.66. The van der Waals surface area contributed by atoms with Gasteiger partial charge in [-0.25, -0.2) is 9.97 Å². The number of hydrogen-bond donors (Lipinski definition) is 1. The van der Waals surface area contributed by atoms with E-state index in [1.54, 1.807) is 19.3 Å². The highest BCUT2D eigenvalue weighted by Crippen LogP contribution is 2.58. The van der Waals surface area contributed by atoms with Crippen LogP contribution in [0.4, 0.5) is 5.69 Å². The Hall–Kier alpha value is -3.20. The van der Waals surface area contributed by atoms with E-state index in [4.69, 9.17) is 14.5 Å². The predicted octanol–water partition coefficient (Wildman–Crippen LogP) is 2.29. The molecule has 0 radical (unpaired) electrons. The zero-order valence-electron chi connectivity index (χ0n) is 18.0. The summed E-state index contributed by atoms with van der Waals surface area (Å²) in [6, 6.07) is 1.77. The van der Waals surface area contributed by atoms with Crippen LogP contribution in [0.15, 0.2) is 35.8 Å². The Morgan fingerprint density at radius 3 is 2.77 bits per heavy atom. The molecule has 5 heterocycles. The van der Waals surface area contributed by atoms with E-state index in [1.165, 1.54) is 17.1 Å². The number of anilines is 1. The van der Waals surface area contributed by atoms with Crippen LogP contribution in [0.25, 0.3) is 5.65 Å². The van der Waals surface area contributed by atoms with Crippen molar-refractivity contribution >= 4 is 17.2 Å². The molecule has 1 N–H and O–H groups in total. The summed E-state index contributed by atoms with van der Waals surface area (Å²) in [4.78, 5) is 34.1. The van der Waals surface area contributed by atoms with E-state index in [-0.39, 0.29) is 28.4 Å². The molecule has 3 fully saturated rings. The quantitative estimate of drug-likeness (QED) is 0.676. The van der Waals surface area contributed by atoms with Gasteiger partial charge >= 0.3 is 0 Å². The number of nitrogens with zero attached hydrogens (tertiary/aromatic N) is 4. The zero-order valence-corrected chi connectivity index (χ0v) is 18.0. The number of pyridine rings is 1. The van der Waals surface area contributed by atoms with Gasteiger partial charge in [-0.05, 0) is 33.6 Å². The molecule has 0 atom stereocenters. The lowest BCUT2D eigenvalue weighted by Gasteiger charge is -2.41. The number of ether oxygens (including phenoxy) is 2. The van der Waals surface area contributed by atoms with Crippen molar-refractivity contribution < 1.29 is 14.3 Å². The second-order valence-electron chi connectivity index (χ2n) is 9.16. The first-order chi connectivity index (χ1) is 14.7. The standard InChI is InChI=1S/C22H25N5O4/c1-13(2)31-16-5-18-25-17(22-9-21(3,10-22)30-11-22)8-27(18)7-14(16)19(28)24-15-6-23-12-26(4)20(15)29/h5-8,12-13H,9-11H2,1-4H3,(H,24,28). The Labute approximate surface area is 179 Å². The highest BCUT2D eigenvalue weighted by atomic mass is 16.5. The van der Waals surface area contributed by atoms with Crippen LogP contribution >= 0.6 is 0 Å². The highest BCUT2D eigenvalue weighted by molar-refractivity contribution is 6.06. The van der Waals surface area contributed by atoms with E-state index in [2.05, 4.69) is 17.2 Å². The van der Waals surface area contributed by atoms with Crippen molar-refractivity contribution in [3.8, 4) is 5.75 Å². The zero-order chi connectivity index (χ0) is 22.0. The van der Waals surface area contributed by atoms with Crippen LogP contribution in [0.1, 0.15) is 49.7 Å². The highest BCUT2D eigenvalue weighted by Gasteiger charge is 2.61. The van der Waals surface area contributed by atoms with E-state index in [0.717, 1.165) is 18.5 Å². The average molecular weight is 423 g/mol. The molecule has 162 valence electrons. The first-order valence-electron chi connectivity index (χ1n) is 10.3. The predicted molar refractivity (Wildman–Crippen MR) is 114 cm³/mol. The molecule has 1 aliphatic carbocycles. The second kappa shape index (κ2) is 6.65. The van der Waals surface area contributed by atoms with Crippen molar-refractivity contribution in [2.75, 3.05) is 11.9 Å². The molecule has 3 aromatic heterocycles. The number of fused-ring (bicyclic) bond motifs is 2. The summed E-state index contributed by atoms with van der Waals surface area (Å²) in [6.45, 7) is 6.59. The van der Waals surface area contributed by atoms with Gasteiger partial charge in [-0.2, -0.15) is 0 Å². The van der Waals surface area contributed by atoms with Crippen molar-refractivity contribution in [3.05, 3.63) is 52.6 Å². The van der Waals surface area contributed by atoms with Crippen molar-refractivity contribution in [3.63, 3.8) is 0 Å². The molecular formula is C22H25N5O4. The number of carbonyl (C=O) groups is 1. The minimum atomic E-state index is -0.448. The first-order valence-corrected chi connectivity index (χ1v) is 10.3. The van der Waals surface area contributed by atoms with Crippen LogP contribution < -0.4 is 15.6 Å². The molecule has 2 saturated heterocycles. The molecule has 3 aromatic rings. The van der Waals surface area contributed by atoms with E-state index >= 15 is 0 Å². The number of aryl methyl sites for hydroxylation is 1. The fraction of sp³-hybridized carbons (Fsp3) is 0.455. The van der Waals surface area contributed by atoms with Gasteiger partial charge in [0, 0.05) is 30.9 Å². The van der Waals surface area contributed by atoms with Gasteiger partial charge in [-0.1, -0.05) is 0 Å². The van der Waals surface area contributed by atoms with Gasteiger partial charge in [0.1, 0.15) is 17.1 Å². The monoisotopic (exact) mass is 423 g/mol. The maximum Gasteiger partial charge on any atom is 0.276 e. The summed E-state index contributed by atoms with van der Waals surface area (Å²) >= 11 is 0. The molecule has 0 unspecified atom stereocenters. The maximum atomic E-state index is 13.1. The van der Waals surface area contributed by atoms with E-state index < -0.39 is 5.91 Å². The van der Waals surface area contributed by atoms with Crippen molar-refractivity contribution in [2.45, 2.75) is 50.7 Å². The summed E-state index contributed by atoms with van der Waals surface area (Å²) in [5.74, 6) is -0.0343. The molecule has 6 rings (SSSR count).